The molecule has 1 N–H and O–H groups in total. The number of amides is 1. The topological polar surface area (TPSA) is 66.5 Å². The lowest BCUT2D eigenvalue weighted by Crippen LogP contribution is -2.27. The predicted octanol–water partition coefficient (Wildman–Crippen LogP) is 4.55. The standard InChI is InChI=1S/C21H18ClFN2O3S/c1-25(14-15-7-3-2-4-8-15)29(27,28)16-11-12-19(23)17(13-16)21(26)24-20-10-6-5-9-18(20)22/h2-13H,14H2,1H3,(H,24,26). The summed E-state index contributed by atoms with van der Waals surface area (Å²) in [7, 11) is -2.50. The molecule has 3 aromatic rings. The van der Waals surface area contributed by atoms with Crippen LogP contribution in [0.1, 0.15) is 15.9 Å². The molecule has 0 atom stereocenters. The summed E-state index contributed by atoms with van der Waals surface area (Å²) >= 11 is 6.01. The van der Waals surface area contributed by atoms with Crippen LogP contribution in [-0.4, -0.2) is 25.7 Å². The van der Waals surface area contributed by atoms with E-state index in [-0.39, 0.29) is 22.0 Å². The third-order valence-electron chi connectivity index (χ3n) is 4.26. The maximum absolute atomic E-state index is 14.3. The normalized spacial score (nSPS) is 11.4. The van der Waals surface area contributed by atoms with Crippen molar-refractivity contribution >= 4 is 33.2 Å². The predicted molar refractivity (Wildman–Crippen MR) is 111 cm³/mol. The smallest absolute Gasteiger partial charge is 0.258 e. The van der Waals surface area contributed by atoms with E-state index >= 15 is 0 Å². The van der Waals surface area contributed by atoms with Crippen LogP contribution in [0.15, 0.2) is 77.7 Å². The van der Waals surface area contributed by atoms with Gasteiger partial charge in [-0.3, -0.25) is 4.79 Å². The van der Waals surface area contributed by atoms with E-state index in [1.165, 1.54) is 7.05 Å². The van der Waals surface area contributed by atoms with Gasteiger partial charge >= 0.3 is 0 Å². The maximum Gasteiger partial charge on any atom is 0.258 e. The third kappa shape index (κ3) is 4.82. The summed E-state index contributed by atoms with van der Waals surface area (Å²) in [5, 5.41) is 2.78. The molecule has 29 heavy (non-hydrogen) atoms. The van der Waals surface area contributed by atoms with Gasteiger partial charge in [-0.25, -0.2) is 12.8 Å². The first-order valence-electron chi connectivity index (χ1n) is 8.65. The van der Waals surface area contributed by atoms with Crippen LogP contribution >= 0.6 is 11.6 Å². The van der Waals surface area contributed by atoms with Crippen molar-refractivity contribution in [1.29, 1.82) is 0 Å². The fraction of sp³-hybridized carbons (Fsp3) is 0.0952. The third-order valence-corrected chi connectivity index (χ3v) is 6.39. The molecule has 3 aromatic carbocycles. The number of hydrogen-bond acceptors (Lipinski definition) is 3. The van der Waals surface area contributed by atoms with Gasteiger partial charge in [-0.2, -0.15) is 4.31 Å². The number of anilines is 1. The highest BCUT2D eigenvalue weighted by Gasteiger charge is 2.24. The van der Waals surface area contributed by atoms with Crippen molar-refractivity contribution in [3.05, 3.63) is 94.8 Å². The number of nitrogens with one attached hydrogen (secondary N) is 1. The van der Waals surface area contributed by atoms with Crippen LogP contribution in [0.2, 0.25) is 5.02 Å². The van der Waals surface area contributed by atoms with Crippen molar-refractivity contribution in [3.63, 3.8) is 0 Å². The number of rotatable bonds is 6. The Morgan fingerprint density at radius 2 is 1.69 bits per heavy atom. The minimum absolute atomic E-state index is 0.141. The van der Waals surface area contributed by atoms with Crippen molar-refractivity contribution in [2.45, 2.75) is 11.4 Å². The summed E-state index contributed by atoms with van der Waals surface area (Å²) in [4.78, 5) is 12.3. The van der Waals surface area contributed by atoms with E-state index in [4.69, 9.17) is 11.6 Å². The average molecular weight is 433 g/mol. The minimum atomic E-state index is -3.93. The van der Waals surface area contributed by atoms with Crippen LogP contribution in [0, 0.1) is 5.82 Å². The lowest BCUT2D eigenvalue weighted by molar-refractivity contribution is 0.102. The number of benzene rings is 3. The summed E-state index contributed by atoms with van der Waals surface area (Å²) in [6.07, 6.45) is 0. The van der Waals surface area contributed by atoms with E-state index in [1.807, 2.05) is 18.2 Å². The monoisotopic (exact) mass is 432 g/mol. The molecule has 0 aliphatic carbocycles. The van der Waals surface area contributed by atoms with Gasteiger partial charge in [-0.05, 0) is 35.9 Å². The van der Waals surface area contributed by atoms with E-state index in [9.17, 15) is 17.6 Å². The van der Waals surface area contributed by atoms with E-state index in [0.717, 1.165) is 28.1 Å². The Morgan fingerprint density at radius 1 is 1.03 bits per heavy atom. The minimum Gasteiger partial charge on any atom is -0.321 e. The molecule has 8 heteroatoms. The summed E-state index contributed by atoms with van der Waals surface area (Å²) in [5.41, 5.74) is 0.713. The second-order valence-electron chi connectivity index (χ2n) is 6.32. The van der Waals surface area contributed by atoms with Gasteiger partial charge in [0.15, 0.2) is 0 Å². The summed E-state index contributed by atoms with van der Waals surface area (Å²) in [6, 6.07) is 18.7. The highest BCUT2D eigenvalue weighted by atomic mass is 35.5. The molecule has 0 saturated carbocycles. The van der Waals surface area contributed by atoms with Crippen molar-refractivity contribution in [2.75, 3.05) is 12.4 Å². The molecule has 0 saturated heterocycles. The lowest BCUT2D eigenvalue weighted by Gasteiger charge is -2.18. The highest BCUT2D eigenvalue weighted by molar-refractivity contribution is 7.89. The van der Waals surface area contributed by atoms with Crippen molar-refractivity contribution in [3.8, 4) is 0 Å². The van der Waals surface area contributed by atoms with Gasteiger partial charge < -0.3 is 5.32 Å². The Morgan fingerprint density at radius 3 is 2.38 bits per heavy atom. The van der Waals surface area contributed by atoms with Crippen molar-refractivity contribution in [2.24, 2.45) is 0 Å². The van der Waals surface area contributed by atoms with Gasteiger partial charge in [0.05, 0.1) is 21.2 Å². The molecule has 0 radical (unpaired) electrons. The molecule has 0 aliphatic heterocycles. The molecule has 0 aliphatic rings. The fourth-order valence-corrected chi connectivity index (χ4v) is 4.07. The van der Waals surface area contributed by atoms with Gasteiger partial charge in [0, 0.05) is 13.6 Å². The molecule has 5 nitrogen and oxygen atoms in total. The maximum atomic E-state index is 14.3. The van der Waals surface area contributed by atoms with Crippen LogP contribution in [-0.2, 0) is 16.6 Å². The molecule has 0 unspecified atom stereocenters. The number of carbonyl (C=O) groups is 1. The molecule has 1 amide bonds. The Bertz CT molecular complexity index is 1140. The van der Waals surface area contributed by atoms with Crippen LogP contribution in [0.4, 0.5) is 10.1 Å². The Labute approximate surface area is 173 Å². The largest absolute Gasteiger partial charge is 0.321 e. The summed E-state index contributed by atoms with van der Waals surface area (Å²) in [5.74, 6) is -1.63. The first kappa shape index (κ1) is 21.0. The number of hydrogen-bond donors (Lipinski definition) is 1. The quantitative estimate of drug-likeness (QED) is 0.621. The number of halogens is 2. The zero-order chi connectivity index (χ0) is 21.0. The molecule has 0 aromatic heterocycles. The van der Waals surface area contributed by atoms with Crippen LogP contribution in [0.25, 0.3) is 0 Å². The van der Waals surface area contributed by atoms with Gasteiger partial charge in [0.2, 0.25) is 10.0 Å². The van der Waals surface area contributed by atoms with E-state index < -0.39 is 21.7 Å². The molecule has 0 heterocycles. The fourth-order valence-electron chi connectivity index (χ4n) is 2.70. The molecule has 0 bridgehead atoms. The second-order valence-corrected chi connectivity index (χ2v) is 8.77. The first-order chi connectivity index (χ1) is 13.8. The van der Waals surface area contributed by atoms with Crippen molar-refractivity contribution in [1.82, 2.24) is 4.31 Å². The van der Waals surface area contributed by atoms with Crippen LogP contribution in [0.5, 0.6) is 0 Å². The highest BCUT2D eigenvalue weighted by Crippen LogP contribution is 2.24. The SMILES string of the molecule is CN(Cc1ccccc1)S(=O)(=O)c1ccc(F)c(C(=O)Nc2ccccc2Cl)c1. The number of nitrogens with zero attached hydrogens (tertiary/aromatic N) is 1. The molecular weight excluding hydrogens is 415 g/mol. The summed E-state index contributed by atoms with van der Waals surface area (Å²) in [6.45, 7) is 0.141. The van der Waals surface area contributed by atoms with Gasteiger partial charge in [-0.15, -0.1) is 0 Å². The zero-order valence-electron chi connectivity index (χ0n) is 15.5. The molecule has 150 valence electrons. The lowest BCUT2D eigenvalue weighted by atomic mass is 10.2. The first-order valence-corrected chi connectivity index (χ1v) is 10.5. The van der Waals surface area contributed by atoms with Gasteiger partial charge in [0.25, 0.3) is 5.91 Å². The average Bonchev–Trinajstić information content (AvgIpc) is 2.70. The van der Waals surface area contributed by atoms with E-state index in [1.54, 1.807) is 36.4 Å². The summed E-state index contributed by atoms with van der Waals surface area (Å²) < 4.78 is 41.2. The zero-order valence-corrected chi connectivity index (χ0v) is 17.0. The Hall–Kier alpha value is -2.74. The van der Waals surface area contributed by atoms with Crippen LogP contribution in [0.3, 0.4) is 0 Å². The van der Waals surface area contributed by atoms with Gasteiger partial charge in [-0.1, -0.05) is 54.1 Å². The van der Waals surface area contributed by atoms with E-state index in [0.29, 0.717) is 5.69 Å². The van der Waals surface area contributed by atoms with E-state index in [2.05, 4.69) is 5.32 Å². The van der Waals surface area contributed by atoms with Crippen molar-refractivity contribution < 1.29 is 17.6 Å². The Balaban J connectivity index is 1.87. The number of carbonyl (C=O) groups excluding carboxylic acids is 1. The molecule has 3 rings (SSSR count). The molecular formula is C21H18ClFN2O3S. The molecule has 0 fully saturated rings. The number of para-hydroxylation sites is 1. The number of sulfonamides is 1. The second kappa shape index (κ2) is 8.73. The Kier molecular flexibility index (Phi) is 6.32. The van der Waals surface area contributed by atoms with Gasteiger partial charge in [0.1, 0.15) is 5.82 Å². The van der Waals surface area contributed by atoms with Crippen LogP contribution < -0.4 is 5.32 Å². The molecule has 0 spiro atoms.